The van der Waals surface area contributed by atoms with E-state index in [1.54, 1.807) is 18.0 Å². The van der Waals surface area contributed by atoms with E-state index in [0.717, 1.165) is 11.3 Å². The van der Waals surface area contributed by atoms with Gasteiger partial charge in [0.05, 0.1) is 0 Å². The van der Waals surface area contributed by atoms with Gasteiger partial charge < -0.3 is 9.42 Å². The van der Waals surface area contributed by atoms with Gasteiger partial charge in [-0.1, -0.05) is 53.2 Å². The van der Waals surface area contributed by atoms with E-state index in [1.165, 1.54) is 5.56 Å². The number of aryl methyl sites for hydroxylation is 1. The molecule has 0 spiro atoms. The van der Waals surface area contributed by atoms with Crippen LogP contribution >= 0.6 is 0 Å². The summed E-state index contributed by atoms with van der Waals surface area (Å²) in [5, 5.41) is 3.90. The zero-order chi connectivity index (χ0) is 15.5. The summed E-state index contributed by atoms with van der Waals surface area (Å²) >= 11 is 0. The molecule has 4 nitrogen and oxygen atoms in total. The van der Waals surface area contributed by atoms with Gasteiger partial charge in [-0.3, -0.25) is 4.79 Å². The van der Waals surface area contributed by atoms with Crippen LogP contribution in [0, 0.1) is 6.92 Å². The molecule has 110 valence electrons. The van der Waals surface area contributed by atoms with Gasteiger partial charge in [0.15, 0.2) is 11.5 Å². The number of anilines is 1. The molecule has 0 fully saturated rings. The molecule has 2 aromatic carbocycles. The second-order valence-electron chi connectivity index (χ2n) is 5.14. The maximum Gasteiger partial charge on any atom is 0.280 e. The molecule has 3 rings (SSSR count). The summed E-state index contributed by atoms with van der Waals surface area (Å²) in [7, 11) is 1.72. The molecule has 0 atom stereocenters. The van der Waals surface area contributed by atoms with Crippen molar-refractivity contribution in [3.05, 3.63) is 71.9 Å². The van der Waals surface area contributed by atoms with Gasteiger partial charge in [0.1, 0.15) is 0 Å². The number of rotatable bonds is 3. The molecule has 0 saturated carbocycles. The fourth-order valence-corrected chi connectivity index (χ4v) is 2.17. The van der Waals surface area contributed by atoms with Gasteiger partial charge in [-0.15, -0.1) is 0 Å². The molecule has 0 unspecified atom stereocenters. The first-order chi connectivity index (χ1) is 10.6. The topological polar surface area (TPSA) is 46.3 Å². The quantitative estimate of drug-likeness (QED) is 0.735. The van der Waals surface area contributed by atoms with Crippen molar-refractivity contribution in [3.8, 4) is 11.3 Å². The first-order valence-electron chi connectivity index (χ1n) is 7.02. The molecule has 0 N–H and O–H groups in total. The second kappa shape index (κ2) is 5.85. The van der Waals surface area contributed by atoms with Crippen LogP contribution in [0.5, 0.6) is 0 Å². The van der Waals surface area contributed by atoms with Gasteiger partial charge in [-0.25, -0.2) is 0 Å². The van der Waals surface area contributed by atoms with E-state index in [2.05, 4.69) is 5.16 Å². The molecule has 0 aliphatic heterocycles. The van der Waals surface area contributed by atoms with E-state index in [9.17, 15) is 4.79 Å². The van der Waals surface area contributed by atoms with Crippen LogP contribution in [0.2, 0.25) is 0 Å². The van der Waals surface area contributed by atoms with E-state index in [-0.39, 0.29) is 5.91 Å². The lowest BCUT2D eigenvalue weighted by Gasteiger charge is -2.15. The lowest BCUT2D eigenvalue weighted by atomic mass is 10.1. The Morgan fingerprint density at radius 3 is 2.41 bits per heavy atom. The van der Waals surface area contributed by atoms with Crippen LogP contribution in [0.3, 0.4) is 0 Å². The maximum absolute atomic E-state index is 12.4. The van der Waals surface area contributed by atoms with Crippen LogP contribution in [0.25, 0.3) is 11.3 Å². The fourth-order valence-electron chi connectivity index (χ4n) is 2.17. The Kier molecular flexibility index (Phi) is 3.74. The summed E-state index contributed by atoms with van der Waals surface area (Å²) in [5.41, 5.74) is 3.18. The summed E-state index contributed by atoms with van der Waals surface area (Å²) in [6.07, 6.45) is 0. The van der Waals surface area contributed by atoms with Crippen molar-refractivity contribution >= 4 is 11.6 Å². The Hall–Kier alpha value is -2.88. The molecular formula is C18H16N2O2. The molecule has 0 bridgehead atoms. The van der Waals surface area contributed by atoms with Crippen molar-refractivity contribution in [2.45, 2.75) is 6.92 Å². The van der Waals surface area contributed by atoms with Crippen molar-refractivity contribution in [2.75, 3.05) is 11.9 Å². The Morgan fingerprint density at radius 1 is 1.05 bits per heavy atom. The highest BCUT2D eigenvalue weighted by atomic mass is 16.5. The molecular weight excluding hydrogens is 276 g/mol. The van der Waals surface area contributed by atoms with Crippen LogP contribution in [0.4, 0.5) is 5.69 Å². The minimum Gasteiger partial charge on any atom is -0.355 e. The number of hydrogen-bond acceptors (Lipinski definition) is 3. The third-order valence-electron chi connectivity index (χ3n) is 3.51. The Morgan fingerprint density at radius 2 is 1.73 bits per heavy atom. The molecule has 0 radical (unpaired) electrons. The van der Waals surface area contributed by atoms with Gasteiger partial charge in [0.25, 0.3) is 5.91 Å². The van der Waals surface area contributed by atoms with E-state index >= 15 is 0 Å². The molecule has 4 heteroatoms. The van der Waals surface area contributed by atoms with Crippen molar-refractivity contribution in [1.82, 2.24) is 5.16 Å². The lowest BCUT2D eigenvalue weighted by molar-refractivity contribution is 0.0984. The summed E-state index contributed by atoms with van der Waals surface area (Å²) in [6.45, 7) is 2.02. The minimum atomic E-state index is -0.201. The number of carbonyl (C=O) groups is 1. The number of carbonyl (C=O) groups excluding carboxylic acids is 1. The highest BCUT2D eigenvalue weighted by Crippen LogP contribution is 2.22. The average Bonchev–Trinajstić information content (AvgIpc) is 3.05. The Balaban J connectivity index is 1.84. The number of benzene rings is 2. The van der Waals surface area contributed by atoms with Gasteiger partial charge in [-0.2, -0.15) is 0 Å². The number of nitrogens with zero attached hydrogens (tertiary/aromatic N) is 2. The first-order valence-corrected chi connectivity index (χ1v) is 7.02. The van der Waals surface area contributed by atoms with E-state index in [1.807, 2.05) is 61.5 Å². The van der Waals surface area contributed by atoms with Gasteiger partial charge in [0, 0.05) is 24.4 Å². The van der Waals surface area contributed by atoms with Crippen LogP contribution in [0.15, 0.2) is 65.2 Å². The largest absolute Gasteiger partial charge is 0.355 e. The monoisotopic (exact) mass is 292 g/mol. The van der Waals surface area contributed by atoms with Crippen LogP contribution in [-0.4, -0.2) is 18.1 Å². The lowest BCUT2D eigenvalue weighted by Crippen LogP contribution is -2.26. The van der Waals surface area contributed by atoms with Crippen molar-refractivity contribution in [1.29, 1.82) is 0 Å². The summed E-state index contributed by atoms with van der Waals surface area (Å²) < 4.78 is 5.30. The molecule has 1 aromatic heterocycles. The smallest absolute Gasteiger partial charge is 0.280 e. The van der Waals surface area contributed by atoms with Gasteiger partial charge >= 0.3 is 0 Å². The number of aromatic nitrogens is 1. The van der Waals surface area contributed by atoms with Crippen LogP contribution in [-0.2, 0) is 0 Å². The Labute approximate surface area is 129 Å². The predicted octanol–water partition coefficient (Wildman–Crippen LogP) is 3.93. The summed E-state index contributed by atoms with van der Waals surface area (Å²) in [5.74, 6) is 0.387. The maximum atomic E-state index is 12.4. The van der Waals surface area contributed by atoms with Crippen LogP contribution < -0.4 is 4.90 Å². The molecule has 0 saturated heterocycles. The fraction of sp³-hybridized carbons (Fsp3) is 0.111. The normalized spacial score (nSPS) is 10.5. The predicted molar refractivity (Wildman–Crippen MR) is 85.9 cm³/mol. The zero-order valence-electron chi connectivity index (χ0n) is 12.5. The molecule has 0 aliphatic carbocycles. The third-order valence-corrected chi connectivity index (χ3v) is 3.51. The third kappa shape index (κ3) is 2.76. The van der Waals surface area contributed by atoms with Crippen molar-refractivity contribution < 1.29 is 9.32 Å². The van der Waals surface area contributed by atoms with Crippen molar-refractivity contribution in [3.63, 3.8) is 0 Å². The highest BCUT2D eigenvalue weighted by molar-refractivity contribution is 6.04. The SMILES string of the molecule is Cc1ccc(-c2cc(C(=O)N(C)c3ccccc3)no2)cc1. The first kappa shape index (κ1) is 14.1. The minimum absolute atomic E-state index is 0.201. The van der Waals surface area contributed by atoms with Crippen LogP contribution in [0.1, 0.15) is 16.1 Å². The standard InChI is InChI=1S/C18H16N2O2/c1-13-8-10-14(11-9-13)17-12-16(19-22-17)18(21)20(2)15-6-4-3-5-7-15/h3-12H,1-2H3. The average molecular weight is 292 g/mol. The molecule has 3 aromatic rings. The summed E-state index contributed by atoms with van der Waals surface area (Å²) in [6, 6.07) is 19.0. The number of para-hydroxylation sites is 1. The zero-order valence-corrected chi connectivity index (χ0v) is 12.5. The number of hydrogen-bond donors (Lipinski definition) is 0. The van der Waals surface area contributed by atoms with E-state index < -0.39 is 0 Å². The molecule has 22 heavy (non-hydrogen) atoms. The molecule has 1 amide bonds. The van der Waals surface area contributed by atoms with Gasteiger partial charge in [-0.05, 0) is 19.1 Å². The summed E-state index contributed by atoms with van der Waals surface area (Å²) in [4.78, 5) is 14.0. The Bertz CT molecular complexity index is 776. The number of amides is 1. The van der Waals surface area contributed by atoms with E-state index in [0.29, 0.717) is 11.5 Å². The highest BCUT2D eigenvalue weighted by Gasteiger charge is 2.18. The van der Waals surface area contributed by atoms with Gasteiger partial charge in [0.2, 0.25) is 0 Å². The van der Waals surface area contributed by atoms with E-state index in [4.69, 9.17) is 4.52 Å². The molecule has 1 heterocycles. The molecule has 0 aliphatic rings. The second-order valence-corrected chi connectivity index (χ2v) is 5.14. The van der Waals surface area contributed by atoms with Crippen molar-refractivity contribution in [2.24, 2.45) is 0 Å².